The van der Waals surface area contributed by atoms with E-state index in [9.17, 15) is 8.42 Å². The van der Waals surface area contributed by atoms with Gasteiger partial charge in [-0.2, -0.15) is 10.2 Å². The molecule has 0 atom stereocenters. The molecule has 10 nitrogen and oxygen atoms in total. The molecule has 4 aromatic rings. The number of allylic oxidation sites excluding steroid dienone is 1. The number of likely N-dealkylation sites (tertiary alicyclic amines) is 1. The Labute approximate surface area is 258 Å². The number of nitriles is 1. The minimum atomic E-state index is -3.70. The zero-order chi connectivity index (χ0) is 31.3. The Morgan fingerprint density at radius 1 is 1.07 bits per heavy atom. The highest BCUT2D eigenvalue weighted by Gasteiger charge is 2.22. The Morgan fingerprint density at radius 3 is 2.41 bits per heavy atom. The van der Waals surface area contributed by atoms with Crippen LogP contribution < -0.4 is 15.2 Å². The summed E-state index contributed by atoms with van der Waals surface area (Å²) in [6.07, 6.45) is 8.58. The average molecular weight is 610 g/mol. The number of anilines is 1. The molecule has 5 rings (SSSR count). The van der Waals surface area contributed by atoms with Crippen LogP contribution in [0, 0.1) is 32.1 Å². The molecule has 2 aromatic heterocycles. The second-order valence-electron chi connectivity index (χ2n) is 11.0. The van der Waals surface area contributed by atoms with Gasteiger partial charge in [-0.3, -0.25) is 9.88 Å². The molecule has 1 aliphatic rings. The lowest BCUT2D eigenvalue weighted by atomic mass is 10.0. The number of rotatable bonds is 9. The molecule has 0 aliphatic carbocycles. The second kappa shape index (κ2) is 13.3. The minimum Gasteiger partial charge on any atom is -0.438 e. The molecule has 1 saturated heterocycles. The number of nitrogens with zero attached hydrogens (tertiary/aromatic N) is 5. The normalized spacial score (nSPS) is 14.4. The van der Waals surface area contributed by atoms with Gasteiger partial charge >= 0.3 is 0 Å². The quantitative estimate of drug-likeness (QED) is 0.234. The van der Waals surface area contributed by atoms with Crippen LogP contribution in [-0.2, 0) is 16.6 Å². The smallest absolute Gasteiger partial charge is 0.238 e. The molecular formula is C33H35N7O3S. The summed E-state index contributed by atoms with van der Waals surface area (Å²) >= 11 is 0. The SMILES string of the molecule is Cc1cc(-c2cnc(NC3CCN(Cc4ccc(S(N)(=O)=O)cc4)CC3)nc2Oc2c(C)cc(/C=C/C#N)cc2C)ccn1. The number of hydrogen-bond donors (Lipinski definition) is 2. The average Bonchev–Trinajstić information content (AvgIpc) is 2.99. The molecule has 0 radical (unpaired) electrons. The summed E-state index contributed by atoms with van der Waals surface area (Å²) < 4.78 is 29.6. The van der Waals surface area contributed by atoms with Crippen molar-refractivity contribution >= 4 is 22.0 Å². The van der Waals surface area contributed by atoms with Crippen molar-refractivity contribution in [3.63, 3.8) is 0 Å². The largest absolute Gasteiger partial charge is 0.438 e. The van der Waals surface area contributed by atoms with E-state index in [-0.39, 0.29) is 10.9 Å². The van der Waals surface area contributed by atoms with Gasteiger partial charge in [0.25, 0.3) is 0 Å². The Hall–Kier alpha value is -4.63. The van der Waals surface area contributed by atoms with Crippen molar-refractivity contribution in [3.8, 4) is 28.8 Å². The van der Waals surface area contributed by atoms with E-state index in [0.29, 0.717) is 17.6 Å². The van der Waals surface area contributed by atoms with Crippen LogP contribution in [0.1, 0.15) is 40.8 Å². The number of hydrogen-bond acceptors (Lipinski definition) is 9. The van der Waals surface area contributed by atoms with Gasteiger partial charge < -0.3 is 10.1 Å². The number of sulfonamides is 1. The molecule has 0 spiro atoms. The molecule has 1 fully saturated rings. The van der Waals surface area contributed by atoms with Gasteiger partial charge in [0, 0.05) is 49.8 Å². The molecule has 0 unspecified atom stereocenters. The van der Waals surface area contributed by atoms with Gasteiger partial charge in [0.15, 0.2) is 0 Å². The summed E-state index contributed by atoms with van der Waals surface area (Å²) in [5.41, 5.74) is 6.37. The number of ether oxygens (including phenoxy) is 1. The van der Waals surface area contributed by atoms with Crippen molar-refractivity contribution in [2.75, 3.05) is 18.4 Å². The van der Waals surface area contributed by atoms with Crippen LogP contribution in [0.3, 0.4) is 0 Å². The third-order valence-electron chi connectivity index (χ3n) is 7.57. The first-order chi connectivity index (χ1) is 21.1. The third kappa shape index (κ3) is 7.65. The number of primary sulfonamides is 1. The van der Waals surface area contributed by atoms with Crippen LogP contribution in [0.2, 0.25) is 0 Å². The van der Waals surface area contributed by atoms with E-state index in [1.165, 1.54) is 6.08 Å². The van der Waals surface area contributed by atoms with Crippen molar-refractivity contribution in [1.29, 1.82) is 5.26 Å². The van der Waals surface area contributed by atoms with Gasteiger partial charge in [0.2, 0.25) is 21.9 Å². The molecule has 0 saturated carbocycles. The highest BCUT2D eigenvalue weighted by molar-refractivity contribution is 7.89. The van der Waals surface area contributed by atoms with Crippen molar-refractivity contribution in [1.82, 2.24) is 19.9 Å². The summed E-state index contributed by atoms with van der Waals surface area (Å²) in [7, 11) is -3.70. The molecule has 226 valence electrons. The van der Waals surface area contributed by atoms with Crippen molar-refractivity contribution in [2.24, 2.45) is 5.14 Å². The van der Waals surface area contributed by atoms with E-state index in [1.54, 1.807) is 30.6 Å². The van der Waals surface area contributed by atoms with Crippen molar-refractivity contribution in [3.05, 3.63) is 94.9 Å². The number of nitrogens with two attached hydrogens (primary N) is 1. The zero-order valence-electron chi connectivity index (χ0n) is 25.0. The van der Waals surface area contributed by atoms with E-state index in [2.05, 4.69) is 20.2 Å². The summed E-state index contributed by atoms with van der Waals surface area (Å²) in [5.74, 6) is 1.65. The molecule has 11 heteroatoms. The van der Waals surface area contributed by atoms with Gasteiger partial charge in [-0.25, -0.2) is 18.5 Å². The number of benzene rings is 2. The van der Waals surface area contributed by atoms with E-state index in [1.807, 2.05) is 63.2 Å². The number of aryl methyl sites for hydroxylation is 3. The lowest BCUT2D eigenvalue weighted by molar-refractivity contribution is 0.211. The van der Waals surface area contributed by atoms with Gasteiger partial charge in [-0.1, -0.05) is 12.1 Å². The monoisotopic (exact) mass is 609 g/mol. The fourth-order valence-electron chi connectivity index (χ4n) is 5.36. The maximum Gasteiger partial charge on any atom is 0.238 e. The van der Waals surface area contributed by atoms with Crippen LogP contribution in [0.15, 0.2) is 71.9 Å². The molecule has 44 heavy (non-hydrogen) atoms. The first-order valence-corrected chi connectivity index (χ1v) is 15.9. The van der Waals surface area contributed by atoms with Crippen LogP contribution in [0.25, 0.3) is 17.2 Å². The predicted octanol–water partition coefficient (Wildman–Crippen LogP) is 5.52. The fraction of sp³-hybridized carbons (Fsp3) is 0.273. The fourth-order valence-corrected chi connectivity index (χ4v) is 5.87. The topological polar surface area (TPSA) is 147 Å². The number of pyridine rings is 1. The Bertz CT molecular complexity index is 1800. The van der Waals surface area contributed by atoms with Crippen LogP contribution in [-0.4, -0.2) is 47.4 Å². The highest BCUT2D eigenvalue weighted by Crippen LogP contribution is 2.36. The maximum atomic E-state index is 11.5. The van der Waals surface area contributed by atoms with Gasteiger partial charge in [0.05, 0.1) is 16.5 Å². The first-order valence-electron chi connectivity index (χ1n) is 14.3. The van der Waals surface area contributed by atoms with Crippen LogP contribution in [0.4, 0.5) is 5.95 Å². The molecule has 2 aromatic carbocycles. The third-order valence-corrected chi connectivity index (χ3v) is 8.50. The Balaban J connectivity index is 1.32. The van der Waals surface area contributed by atoms with E-state index in [0.717, 1.165) is 71.6 Å². The summed E-state index contributed by atoms with van der Waals surface area (Å²) in [6, 6.07) is 16.8. The number of aromatic nitrogens is 3. The summed E-state index contributed by atoms with van der Waals surface area (Å²) in [4.78, 5) is 16.3. The Morgan fingerprint density at radius 2 is 1.77 bits per heavy atom. The van der Waals surface area contributed by atoms with E-state index >= 15 is 0 Å². The first kappa shape index (κ1) is 30.8. The van der Waals surface area contributed by atoms with Gasteiger partial charge in [-0.05, 0) is 104 Å². The van der Waals surface area contributed by atoms with E-state index < -0.39 is 10.0 Å². The molecule has 0 bridgehead atoms. The minimum absolute atomic E-state index is 0.118. The number of piperidine rings is 1. The van der Waals surface area contributed by atoms with Crippen molar-refractivity contribution < 1.29 is 13.2 Å². The lowest BCUT2D eigenvalue weighted by Gasteiger charge is -2.32. The van der Waals surface area contributed by atoms with E-state index in [4.69, 9.17) is 20.1 Å². The molecule has 1 aliphatic heterocycles. The zero-order valence-corrected chi connectivity index (χ0v) is 25.8. The molecule has 3 heterocycles. The summed E-state index contributed by atoms with van der Waals surface area (Å²) in [5, 5.41) is 17.6. The van der Waals surface area contributed by atoms with Crippen LogP contribution in [0.5, 0.6) is 11.6 Å². The summed E-state index contributed by atoms with van der Waals surface area (Å²) in [6.45, 7) is 8.37. The predicted molar refractivity (Wildman–Crippen MR) is 170 cm³/mol. The lowest BCUT2D eigenvalue weighted by Crippen LogP contribution is -2.39. The Kier molecular flexibility index (Phi) is 9.35. The molecule has 3 N–H and O–H groups in total. The van der Waals surface area contributed by atoms with Gasteiger partial charge in [0.1, 0.15) is 5.75 Å². The number of nitrogens with one attached hydrogen (secondary N) is 1. The van der Waals surface area contributed by atoms with Crippen molar-refractivity contribution in [2.45, 2.75) is 51.1 Å². The van der Waals surface area contributed by atoms with Crippen LogP contribution >= 0.6 is 0 Å². The molecular weight excluding hydrogens is 574 g/mol. The maximum absolute atomic E-state index is 11.5. The van der Waals surface area contributed by atoms with Gasteiger partial charge in [-0.15, -0.1) is 0 Å². The highest BCUT2D eigenvalue weighted by atomic mass is 32.2. The standard InChI is InChI=1S/C33H35N7O3S/c1-22-17-26(5-4-13-34)18-23(2)31(22)43-32-30(27-10-14-36-24(3)19-27)20-37-33(39-32)38-28-11-15-40(16-12-28)21-25-6-8-29(9-7-25)44(35,41)42/h4-10,14,17-20,28H,11-12,15-16,21H2,1-3H3,(H2,35,41,42)(H,37,38,39)/b5-4+. The molecule has 0 amide bonds. The second-order valence-corrected chi connectivity index (χ2v) is 12.6.